The van der Waals surface area contributed by atoms with Crippen molar-refractivity contribution in [3.05, 3.63) is 18.2 Å². The van der Waals surface area contributed by atoms with Crippen LogP contribution in [0.5, 0.6) is 0 Å². The van der Waals surface area contributed by atoms with E-state index in [9.17, 15) is 5.11 Å². The van der Waals surface area contributed by atoms with Gasteiger partial charge in [-0.2, -0.15) is 4.98 Å². The van der Waals surface area contributed by atoms with Crippen LogP contribution in [0.2, 0.25) is 0 Å². The number of aliphatic hydroxyl groups is 1. The first kappa shape index (κ1) is 12.3. The summed E-state index contributed by atoms with van der Waals surface area (Å²) < 4.78 is 5.63. The Morgan fingerprint density at radius 3 is 3.00 bits per heavy atom. The van der Waals surface area contributed by atoms with Crippen LogP contribution in [0.1, 0.15) is 32.1 Å². The molecule has 1 fully saturated rings. The number of fused-ring (bicyclic) bond motifs is 1. The lowest BCUT2D eigenvalue weighted by molar-refractivity contribution is 0.143. The van der Waals surface area contributed by atoms with Crippen molar-refractivity contribution in [3.63, 3.8) is 0 Å². The second-order valence-corrected chi connectivity index (χ2v) is 5.20. The van der Waals surface area contributed by atoms with E-state index in [0.29, 0.717) is 17.3 Å². The van der Waals surface area contributed by atoms with Crippen LogP contribution in [0.25, 0.3) is 11.1 Å². The van der Waals surface area contributed by atoms with Gasteiger partial charge in [-0.3, -0.25) is 0 Å². The van der Waals surface area contributed by atoms with Crippen molar-refractivity contribution in [1.82, 2.24) is 4.98 Å². The largest absolute Gasteiger partial charge is 0.424 e. The Morgan fingerprint density at radius 1 is 1.26 bits per heavy atom. The van der Waals surface area contributed by atoms with Gasteiger partial charge in [-0.1, -0.05) is 19.3 Å². The maximum atomic E-state index is 10.1. The number of benzene rings is 1. The molecule has 0 bridgehead atoms. The number of hydrogen-bond acceptors (Lipinski definition) is 5. The van der Waals surface area contributed by atoms with E-state index in [4.69, 9.17) is 10.2 Å². The zero-order valence-corrected chi connectivity index (χ0v) is 10.8. The van der Waals surface area contributed by atoms with Crippen molar-refractivity contribution in [2.75, 3.05) is 11.1 Å². The van der Waals surface area contributed by atoms with Gasteiger partial charge in [-0.05, 0) is 31.0 Å². The van der Waals surface area contributed by atoms with E-state index in [1.165, 1.54) is 6.42 Å². The zero-order chi connectivity index (χ0) is 13.2. The van der Waals surface area contributed by atoms with Gasteiger partial charge in [0, 0.05) is 5.69 Å². The van der Waals surface area contributed by atoms with Crippen LogP contribution in [-0.2, 0) is 0 Å². The molecule has 3 rings (SSSR count). The number of aliphatic hydroxyl groups excluding tert-OH is 1. The van der Waals surface area contributed by atoms with Gasteiger partial charge in [0.05, 0.1) is 12.1 Å². The van der Waals surface area contributed by atoms with Crippen molar-refractivity contribution in [1.29, 1.82) is 0 Å². The Morgan fingerprint density at radius 2 is 2.11 bits per heavy atom. The molecule has 0 amide bonds. The molecular weight excluding hydrogens is 242 g/mol. The second kappa shape index (κ2) is 5.09. The molecule has 1 aliphatic rings. The lowest BCUT2D eigenvalue weighted by Crippen LogP contribution is -2.32. The molecule has 4 N–H and O–H groups in total. The van der Waals surface area contributed by atoms with Crippen LogP contribution < -0.4 is 11.1 Å². The quantitative estimate of drug-likeness (QED) is 0.571. The number of oxazole rings is 1. The van der Waals surface area contributed by atoms with Crippen LogP contribution >= 0.6 is 0 Å². The molecule has 19 heavy (non-hydrogen) atoms. The summed E-state index contributed by atoms with van der Waals surface area (Å²) in [7, 11) is 0. The molecule has 1 aromatic heterocycles. The third-order valence-electron chi connectivity index (χ3n) is 3.70. The highest BCUT2D eigenvalue weighted by molar-refractivity contribution is 5.78. The Balaban J connectivity index is 1.80. The average Bonchev–Trinajstić information content (AvgIpc) is 2.66. The molecule has 5 nitrogen and oxygen atoms in total. The summed E-state index contributed by atoms with van der Waals surface area (Å²) >= 11 is 0. The first-order valence-electron chi connectivity index (χ1n) is 6.83. The second-order valence-electron chi connectivity index (χ2n) is 5.20. The highest BCUT2D eigenvalue weighted by atomic mass is 16.4. The molecule has 0 spiro atoms. The minimum atomic E-state index is -0.331. The lowest BCUT2D eigenvalue weighted by atomic mass is 10.1. The Kier molecular flexibility index (Phi) is 3.29. The van der Waals surface area contributed by atoms with E-state index in [0.717, 1.165) is 31.2 Å². The highest BCUT2D eigenvalue weighted by Crippen LogP contribution is 2.25. The monoisotopic (exact) mass is 261 g/mol. The Hall–Kier alpha value is -1.75. The standard InChI is InChI=1S/C14H19N3O2/c15-9-6-7-13-11(8-9)17-14(19-13)16-10-4-2-1-3-5-12(10)18/h6-8,10,12,18H,1-5,15H2,(H,16,17). The first-order valence-corrected chi connectivity index (χ1v) is 6.83. The van der Waals surface area contributed by atoms with E-state index in [1.54, 1.807) is 12.1 Å². The van der Waals surface area contributed by atoms with Gasteiger partial charge in [-0.25, -0.2) is 0 Å². The van der Waals surface area contributed by atoms with E-state index in [-0.39, 0.29) is 12.1 Å². The van der Waals surface area contributed by atoms with Gasteiger partial charge in [0.25, 0.3) is 6.01 Å². The number of nitrogens with one attached hydrogen (secondary N) is 1. The molecular formula is C14H19N3O2. The summed E-state index contributed by atoms with van der Waals surface area (Å²) in [6.45, 7) is 0. The topological polar surface area (TPSA) is 84.3 Å². The number of nitrogens with two attached hydrogens (primary N) is 1. The lowest BCUT2D eigenvalue weighted by Gasteiger charge is -2.20. The van der Waals surface area contributed by atoms with E-state index >= 15 is 0 Å². The third-order valence-corrected chi connectivity index (χ3v) is 3.70. The van der Waals surface area contributed by atoms with Gasteiger partial charge >= 0.3 is 0 Å². The van der Waals surface area contributed by atoms with Crippen LogP contribution in [-0.4, -0.2) is 22.2 Å². The predicted octanol–water partition coefficient (Wildman–Crippen LogP) is 2.52. The average molecular weight is 261 g/mol. The molecule has 1 heterocycles. The van der Waals surface area contributed by atoms with Gasteiger partial charge < -0.3 is 20.6 Å². The molecule has 102 valence electrons. The van der Waals surface area contributed by atoms with Gasteiger partial charge in [0.15, 0.2) is 5.58 Å². The maximum absolute atomic E-state index is 10.1. The third kappa shape index (κ3) is 2.66. The summed E-state index contributed by atoms with van der Waals surface area (Å²) in [5.41, 5.74) is 7.84. The summed E-state index contributed by atoms with van der Waals surface area (Å²) in [6, 6.07) is 5.87. The number of nitrogens with zero attached hydrogens (tertiary/aromatic N) is 1. The fourth-order valence-electron chi connectivity index (χ4n) is 2.62. The molecule has 0 aliphatic heterocycles. The van der Waals surface area contributed by atoms with Crippen molar-refractivity contribution in [2.24, 2.45) is 0 Å². The SMILES string of the molecule is Nc1ccc2oc(NC3CCCCCC3O)nc2c1. The number of anilines is 2. The number of rotatable bonds is 2. The molecule has 1 aromatic carbocycles. The molecule has 5 heteroatoms. The van der Waals surface area contributed by atoms with E-state index < -0.39 is 0 Å². The Labute approximate surface area is 111 Å². The molecule has 2 aromatic rings. The van der Waals surface area contributed by atoms with Crippen molar-refractivity contribution >= 4 is 22.8 Å². The highest BCUT2D eigenvalue weighted by Gasteiger charge is 2.23. The minimum absolute atomic E-state index is 0.0212. The summed E-state index contributed by atoms with van der Waals surface area (Å²) in [6.07, 6.45) is 4.85. The van der Waals surface area contributed by atoms with Crippen molar-refractivity contribution in [2.45, 2.75) is 44.2 Å². The smallest absolute Gasteiger partial charge is 0.295 e. The van der Waals surface area contributed by atoms with Gasteiger partial charge in [-0.15, -0.1) is 0 Å². The fourth-order valence-corrected chi connectivity index (χ4v) is 2.62. The number of nitrogen functional groups attached to an aromatic ring is 1. The normalized spacial score (nSPS) is 24.3. The van der Waals surface area contributed by atoms with Crippen LogP contribution in [0, 0.1) is 0 Å². The summed E-state index contributed by atoms with van der Waals surface area (Å²) in [5, 5.41) is 13.3. The van der Waals surface area contributed by atoms with Crippen LogP contribution in [0.4, 0.5) is 11.7 Å². The van der Waals surface area contributed by atoms with Crippen LogP contribution in [0.15, 0.2) is 22.6 Å². The Bertz CT molecular complexity index is 567. The van der Waals surface area contributed by atoms with E-state index in [2.05, 4.69) is 10.3 Å². The van der Waals surface area contributed by atoms with Crippen LogP contribution in [0.3, 0.4) is 0 Å². The minimum Gasteiger partial charge on any atom is -0.424 e. The summed E-state index contributed by atoms with van der Waals surface area (Å²) in [4.78, 5) is 4.36. The van der Waals surface area contributed by atoms with Crippen molar-refractivity contribution in [3.8, 4) is 0 Å². The molecule has 0 radical (unpaired) electrons. The molecule has 2 atom stereocenters. The molecule has 1 saturated carbocycles. The van der Waals surface area contributed by atoms with Gasteiger partial charge in [0.1, 0.15) is 5.52 Å². The molecule has 0 saturated heterocycles. The van der Waals surface area contributed by atoms with E-state index in [1.807, 2.05) is 6.07 Å². The number of hydrogen-bond donors (Lipinski definition) is 3. The van der Waals surface area contributed by atoms with Gasteiger partial charge in [0.2, 0.25) is 0 Å². The fraction of sp³-hybridized carbons (Fsp3) is 0.500. The molecule has 1 aliphatic carbocycles. The summed E-state index contributed by atoms with van der Waals surface area (Å²) in [5.74, 6) is 0. The first-order chi connectivity index (χ1) is 9.22. The predicted molar refractivity (Wildman–Crippen MR) is 74.9 cm³/mol. The van der Waals surface area contributed by atoms with Crippen molar-refractivity contribution < 1.29 is 9.52 Å². The maximum Gasteiger partial charge on any atom is 0.295 e. The molecule has 2 unspecified atom stereocenters. The zero-order valence-electron chi connectivity index (χ0n) is 10.8. The number of aromatic nitrogens is 1.